The topological polar surface area (TPSA) is 54.5 Å². The van der Waals surface area contributed by atoms with Gasteiger partial charge < -0.3 is 19.3 Å². The van der Waals surface area contributed by atoms with Crippen molar-refractivity contribution in [3.8, 4) is 0 Å². The Kier molecular flexibility index (Phi) is 5.86. The predicted octanol–water partition coefficient (Wildman–Crippen LogP) is 3.81. The second-order valence-corrected chi connectivity index (χ2v) is 5.33. The van der Waals surface area contributed by atoms with Crippen molar-refractivity contribution in [1.29, 1.82) is 0 Å². The van der Waals surface area contributed by atoms with Gasteiger partial charge in [0.1, 0.15) is 5.78 Å². The van der Waals surface area contributed by atoms with Gasteiger partial charge in [-0.05, 0) is 18.2 Å². The number of nitrogens with zero attached hydrogens (tertiary/aromatic N) is 1. The van der Waals surface area contributed by atoms with Crippen LogP contribution in [0.25, 0.3) is 0 Å². The number of fused-ring (bicyclic) bond motifs is 1. The molecule has 0 radical (unpaired) electrons. The number of carbonyl (C=O) groups excluding carboxylic acids is 3. The summed E-state index contributed by atoms with van der Waals surface area (Å²) in [5.74, 6) is -0.930. The van der Waals surface area contributed by atoms with Crippen molar-refractivity contribution in [2.75, 3.05) is 4.90 Å². The van der Waals surface area contributed by atoms with Crippen LogP contribution < -0.4 is 4.90 Å². The summed E-state index contributed by atoms with van der Waals surface area (Å²) in [5, 5.41) is 0. The van der Waals surface area contributed by atoms with E-state index in [0.29, 0.717) is 22.4 Å². The third-order valence-electron chi connectivity index (χ3n) is 3.76. The van der Waals surface area contributed by atoms with E-state index in [4.69, 9.17) is 0 Å². The molecule has 0 aliphatic carbocycles. The Morgan fingerprint density at radius 3 is 1.92 bits per heavy atom. The van der Waals surface area contributed by atoms with Crippen molar-refractivity contribution in [2.24, 2.45) is 0 Å². The molecule has 0 bridgehead atoms. The Morgan fingerprint density at radius 1 is 0.920 bits per heavy atom. The number of amides is 2. The summed E-state index contributed by atoms with van der Waals surface area (Å²) >= 11 is 0. The number of ketones is 1. The Morgan fingerprint density at radius 2 is 1.48 bits per heavy atom. The van der Waals surface area contributed by atoms with Gasteiger partial charge in [0.15, 0.2) is 0 Å². The van der Waals surface area contributed by atoms with Crippen LogP contribution in [0.15, 0.2) is 72.8 Å². The van der Waals surface area contributed by atoms with Crippen LogP contribution in [0.5, 0.6) is 0 Å². The standard InChI is InChI=1S/C15H10NO3.C5H5.Fe/c1-9(17)10-7-4-8-13(10)16-14(18)11-5-2-3-6-12(11)15(16)19;1-2-4-5-3-1;/h2-8H,1H3;1-5H;/q2*-1;+2. The Balaban J connectivity index is 0.000000325. The maximum absolute atomic E-state index is 12.3. The van der Waals surface area contributed by atoms with Gasteiger partial charge in [0.25, 0.3) is 0 Å². The number of carbonyl (C=O) groups is 3. The first kappa shape index (κ1) is 18.6. The first-order valence-corrected chi connectivity index (χ1v) is 7.52. The molecule has 0 aromatic heterocycles. The number of hydrogen-bond acceptors (Lipinski definition) is 3. The number of Topliss-reactive ketones (excluding diaryl/α,β-unsaturated/α-hetero) is 1. The average Bonchev–Trinajstić information content (AvgIpc) is 3.31. The van der Waals surface area contributed by atoms with Gasteiger partial charge in [0, 0.05) is 11.1 Å². The molecule has 0 spiro atoms. The minimum atomic E-state index is -0.380. The molecule has 0 N–H and O–H groups in total. The zero-order valence-corrected chi connectivity index (χ0v) is 14.6. The third-order valence-corrected chi connectivity index (χ3v) is 3.76. The summed E-state index contributed by atoms with van der Waals surface area (Å²) in [6, 6.07) is 21.5. The van der Waals surface area contributed by atoms with E-state index in [2.05, 4.69) is 0 Å². The molecule has 4 rings (SSSR count). The third kappa shape index (κ3) is 3.53. The van der Waals surface area contributed by atoms with Gasteiger partial charge in [-0.3, -0.25) is 0 Å². The van der Waals surface area contributed by atoms with E-state index in [-0.39, 0.29) is 34.7 Å². The van der Waals surface area contributed by atoms with Crippen molar-refractivity contribution < 1.29 is 31.5 Å². The van der Waals surface area contributed by atoms with Gasteiger partial charge in [0.05, 0.1) is 0 Å². The molecule has 1 aliphatic rings. The number of hydrogen-bond donors (Lipinski definition) is 0. The van der Waals surface area contributed by atoms with E-state index in [0.717, 1.165) is 4.90 Å². The van der Waals surface area contributed by atoms with Gasteiger partial charge in [-0.25, -0.2) is 12.1 Å². The smallest absolute Gasteiger partial charge is 0.333 e. The van der Waals surface area contributed by atoms with Crippen LogP contribution in [0.2, 0.25) is 0 Å². The molecule has 126 valence electrons. The Labute approximate surface area is 156 Å². The summed E-state index contributed by atoms with van der Waals surface area (Å²) in [6.45, 7) is 1.41. The normalized spacial score (nSPS) is 12.1. The van der Waals surface area contributed by atoms with Gasteiger partial charge in [-0.15, -0.1) is 12.1 Å². The van der Waals surface area contributed by atoms with Crippen LogP contribution in [-0.4, -0.2) is 17.6 Å². The van der Waals surface area contributed by atoms with E-state index >= 15 is 0 Å². The maximum atomic E-state index is 12.3. The Bertz CT molecular complexity index is 841. The molecule has 5 heteroatoms. The van der Waals surface area contributed by atoms with E-state index in [9.17, 15) is 14.4 Å². The average molecular weight is 373 g/mol. The van der Waals surface area contributed by atoms with Gasteiger partial charge in [0.2, 0.25) is 11.8 Å². The molecule has 0 saturated heterocycles. The zero-order valence-electron chi connectivity index (χ0n) is 13.5. The minimum Gasteiger partial charge on any atom is -0.333 e. The molecule has 25 heavy (non-hydrogen) atoms. The van der Waals surface area contributed by atoms with Crippen molar-refractivity contribution >= 4 is 23.3 Å². The second kappa shape index (κ2) is 7.88. The van der Waals surface area contributed by atoms with Crippen molar-refractivity contribution in [1.82, 2.24) is 0 Å². The van der Waals surface area contributed by atoms with Crippen LogP contribution >= 0.6 is 0 Å². The molecule has 0 unspecified atom stereocenters. The molecule has 0 atom stereocenters. The van der Waals surface area contributed by atoms with Crippen LogP contribution in [0, 0.1) is 0 Å². The molecule has 0 fully saturated rings. The fourth-order valence-electron chi connectivity index (χ4n) is 2.63. The number of anilines is 1. The molecule has 2 amide bonds. The summed E-state index contributed by atoms with van der Waals surface area (Å²) in [6.07, 6.45) is 0. The molecular weight excluding hydrogens is 358 g/mol. The van der Waals surface area contributed by atoms with Crippen LogP contribution in [0.3, 0.4) is 0 Å². The fraction of sp³-hybridized carbons (Fsp3) is 0.0500. The van der Waals surface area contributed by atoms with Crippen molar-refractivity contribution in [2.45, 2.75) is 6.92 Å². The quantitative estimate of drug-likeness (QED) is 0.297. The van der Waals surface area contributed by atoms with Crippen molar-refractivity contribution in [3.05, 3.63) is 89.5 Å². The largest absolute Gasteiger partial charge is 2.00 e. The monoisotopic (exact) mass is 373 g/mol. The number of benzene rings is 1. The fourth-order valence-corrected chi connectivity index (χ4v) is 2.63. The Hall–Kier alpha value is -2.75. The van der Waals surface area contributed by atoms with E-state index < -0.39 is 0 Å². The van der Waals surface area contributed by atoms with E-state index in [1.54, 1.807) is 42.5 Å². The zero-order chi connectivity index (χ0) is 17.1. The molecular formula is C20H15FeNO3. The van der Waals surface area contributed by atoms with Crippen molar-refractivity contribution in [3.63, 3.8) is 0 Å². The minimum absolute atomic E-state index is 0. The summed E-state index contributed by atoms with van der Waals surface area (Å²) in [7, 11) is 0. The van der Waals surface area contributed by atoms with Gasteiger partial charge in [-0.1, -0.05) is 30.3 Å². The molecule has 3 aromatic carbocycles. The first-order valence-electron chi connectivity index (χ1n) is 7.52. The van der Waals surface area contributed by atoms with Gasteiger partial charge >= 0.3 is 17.1 Å². The predicted molar refractivity (Wildman–Crippen MR) is 91.7 cm³/mol. The molecule has 1 aliphatic heterocycles. The maximum Gasteiger partial charge on any atom is 2.00 e. The summed E-state index contributed by atoms with van der Waals surface area (Å²) in [4.78, 5) is 37.1. The first-order chi connectivity index (χ1) is 11.6. The second-order valence-electron chi connectivity index (χ2n) is 5.33. The van der Waals surface area contributed by atoms with E-state index in [1.807, 2.05) is 30.3 Å². The number of imide groups is 1. The summed E-state index contributed by atoms with van der Waals surface area (Å²) in [5.41, 5.74) is 1.50. The molecule has 0 saturated carbocycles. The van der Waals surface area contributed by atoms with Crippen LogP contribution in [0.4, 0.5) is 5.69 Å². The molecule has 1 heterocycles. The van der Waals surface area contributed by atoms with Gasteiger partial charge in [-0.2, -0.15) is 18.2 Å². The molecule has 4 nitrogen and oxygen atoms in total. The SMILES string of the molecule is CC(=O)c1ccc[c-]1N1C(=O)c2ccccc2C1=O.[Fe+2].c1cc[cH-]c1. The van der Waals surface area contributed by atoms with E-state index in [1.165, 1.54) is 6.92 Å². The molecule has 3 aromatic rings. The van der Waals surface area contributed by atoms with Crippen LogP contribution in [0.1, 0.15) is 38.0 Å². The number of rotatable bonds is 2. The summed E-state index contributed by atoms with van der Waals surface area (Å²) < 4.78 is 0. The van der Waals surface area contributed by atoms with Crippen LogP contribution in [-0.2, 0) is 17.1 Å².